The maximum Gasteiger partial charge on any atom is 0.124 e. The first-order valence-corrected chi connectivity index (χ1v) is 6.53. The van der Waals surface area contributed by atoms with Gasteiger partial charge in [-0.3, -0.25) is 4.68 Å². The second-order valence-electron chi connectivity index (χ2n) is 4.05. The van der Waals surface area contributed by atoms with Crippen molar-refractivity contribution in [2.75, 3.05) is 0 Å². The average Bonchev–Trinajstić information content (AvgIpc) is 2.62. The molecule has 0 aliphatic carbocycles. The smallest absolute Gasteiger partial charge is 0.124 e. The molecule has 0 radical (unpaired) electrons. The molecule has 0 amide bonds. The van der Waals surface area contributed by atoms with Crippen LogP contribution in [0.3, 0.4) is 0 Å². The molecule has 6 heteroatoms. The summed E-state index contributed by atoms with van der Waals surface area (Å²) >= 11 is 9.39. The molecule has 3 nitrogen and oxygen atoms in total. The lowest BCUT2D eigenvalue weighted by molar-refractivity contribution is 0.609. The van der Waals surface area contributed by atoms with Gasteiger partial charge in [0.15, 0.2) is 0 Å². The molecule has 2 aromatic rings. The van der Waals surface area contributed by atoms with Crippen LogP contribution in [0.4, 0.5) is 4.39 Å². The molecule has 0 fully saturated rings. The fourth-order valence-corrected chi connectivity index (χ4v) is 2.74. The minimum Gasteiger partial charge on any atom is -0.322 e. The van der Waals surface area contributed by atoms with Crippen molar-refractivity contribution in [3.63, 3.8) is 0 Å². The summed E-state index contributed by atoms with van der Waals surface area (Å²) in [5.74, 6) is -0.348. The van der Waals surface area contributed by atoms with E-state index in [0.717, 1.165) is 15.7 Å². The summed E-state index contributed by atoms with van der Waals surface area (Å²) in [5, 5.41) is 4.50. The van der Waals surface area contributed by atoms with Gasteiger partial charge in [-0.2, -0.15) is 5.10 Å². The van der Waals surface area contributed by atoms with Gasteiger partial charge in [0.05, 0.1) is 22.4 Å². The Morgan fingerprint density at radius 3 is 2.83 bits per heavy atom. The highest BCUT2D eigenvalue weighted by Gasteiger charge is 2.16. The summed E-state index contributed by atoms with van der Waals surface area (Å²) in [4.78, 5) is 0. The Bertz CT molecular complexity index is 551. The Hall–Kier alpha value is -0.910. The van der Waals surface area contributed by atoms with Crippen LogP contribution in [-0.4, -0.2) is 9.78 Å². The highest BCUT2D eigenvalue weighted by molar-refractivity contribution is 9.10. The van der Waals surface area contributed by atoms with Crippen LogP contribution in [0.2, 0.25) is 5.02 Å². The average molecular weight is 333 g/mol. The molecule has 0 bridgehead atoms. The van der Waals surface area contributed by atoms with Crippen LogP contribution in [0.1, 0.15) is 17.3 Å². The lowest BCUT2D eigenvalue weighted by Crippen LogP contribution is -2.18. The van der Waals surface area contributed by atoms with Gasteiger partial charge in [-0.05, 0) is 40.0 Å². The predicted octanol–water partition coefficient (Wildman–Crippen LogP) is 3.22. The van der Waals surface area contributed by atoms with Crippen molar-refractivity contribution in [3.8, 4) is 0 Å². The zero-order chi connectivity index (χ0) is 13.3. The molecule has 2 rings (SSSR count). The Kier molecular flexibility index (Phi) is 4.04. The second-order valence-corrected chi connectivity index (χ2v) is 5.31. The molecule has 0 saturated heterocycles. The molecule has 18 heavy (non-hydrogen) atoms. The minimum absolute atomic E-state index is 0.255. The zero-order valence-electron chi connectivity index (χ0n) is 9.70. The second kappa shape index (κ2) is 5.38. The van der Waals surface area contributed by atoms with Crippen molar-refractivity contribution in [1.29, 1.82) is 0 Å². The Labute approximate surface area is 118 Å². The van der Waals surface area contributed by atoms with Crippen molar-refractivity contribution in [1.82, 2.24) is 9.78 Å². The molecule has 0 aliphatic rings. The molecule has 1 aromatic carbocycles. The van der Waals surface area contributed by atoms with Gasteiger partial charge in [-0.25, -0.2) is 4.39 Å². The number of benzene rings is 1. The number of hydrogen-bond donors (Lipinski definition) is 1. The molecular formula is C12H12BrClFN3. The van der Waals surface area contributed by atoms with Gasteiger partial charge in [0.25, 0.3) is 0 Å². The molecule has 1 unspecified atom stereocenters. The van der Waals surface area contributed by atoms with Gasteiger partial charge >= 0.3 is 0 Å². The van der Waals surface area contributed by atoms with Gasteiger partial charge in [-0.15, -0.1) is 0 Å². The van der Waals surface area contributed by atoms with Crippen LogP contribution in [0.5, 0.6) is 0 Å². The van der Waals surface area contributed by atoms with E-state index in [-0.39, 0.29) is 11.9 Å². The van der Waals surface area contributed by atoms with Gasteiger partial charge in [0, 0.05) is 12.1 Å². The largest absolute Gasteiger partial charge is 0.322 e. The number of nitrogens with two attached hydrogens (primary N) is 1. The summed E-state index contributed by atoms with van der Waals surface area (Å²) in [7, 11) is 1.83. The third kappa shape index (κ3) is 2.74. The SMILES string of the molecule is Cn1ncc(Br)c1C(N)Cc1ccc(F)cc1Cl. The van der Waals surface area contributed by atoms with E-state index in [9.17, 15) is 4.39 Å². The van der Waals surface area contributed by atoms with Gasteiger partial charge in [-0.1, -0.05) is 17.7 Å². The molecule has 0 spiro atoms. The lowest BCUT2D eigenvalue weighted by atomic mass is 10.0. The van der Waals surface area contributed by atoms with Gasteiger partial charge < -0.3 is 5.73 Å². The molecule has 1 atom stereocenters. The van der Waals surface area contributed by atoms with Crippen molar-refractivity contribution < 1.29 is 4.39 Å². The zero-order valence-corrected chi connectivity index (χ0v) is 12.0. The number of halogens is 3. The third-order valence-corrected chi connectivity index (χ3v) is 3.71. The number of nitrogens with zero attached hydrogens (tertiary/aromatic N) is 2. The molecule has 1 heterocycles. The summed E-state index contributed by atoms with van der Waals surface area (Å²) in [6.45, 7) is 0. The predicted molar refractivity (Wildman–Crippen MR) is 73.0 cm³/mol. The summed E-state index contributed by atoms with van der Waals surface area (Å²) in [5.41, 5.74) is 7.84. The highest BCUT2D eigenvalue weighted by Crippen LogP contribution is 2.26. The fraction of sp³-hybridized carbons (Fsp3) is 0.250. The fourth-order valence-electron chi connectivity index (χ4n) is 1.86. The standard InChI is InChI=1S/C12H12BrClFN3/c1-18-12(9(13)6-17-18)11(16)4-7-2-3-8(15)5-10(7)14/h2-3,5-6,11H,4,16H2,1H3. The lowest BCUT2D eigenvalue weighted by Gasteiger charge is -2.14. The van der Waals surface area contributed by atoms with Crippen LogP contribution >= 0.6 is 27.5 Å². The molecule has 96 valence electrons. The Morgan fingerprint density at radius 1 is 1.56 bits per heavy atom. The summed E-state index contributed by atoms with van der Waals surface area (Å²) in [6.07, 6.45) is 2.22. The molecule has 0 saturated carbocycles. The van der Waals surface area contributed by atoms with E-state index in [1.807, 2.05) is 7.05 Å². The Morgan fingerprint density at radius 2 is 2.28 bits per heavy atom. The van der Waals surface area contributed by atoms with Crippen LogP contribution in [0.15, 0.2) is 28.9 Å². The molecule has 0 aliphatic heterocycles. The van der Waals surface area contributed by atoms with E-state index in [1.54, 1.807) is 16.9 Å². The normalized spacial score (nSPS) is 12.7. The van der Waals surface area contributed by atoms with Crippen molar-refractivity contribution in [2.45, 2.75) is 12.5 Å². The number of aromatic nitrogens is 2. The molecule has 2 N–H and O–H groups in total. The molecular weight excluding hydrogens is 321 g/mol. The van der Waals surface area contributed by atoms with Crippen LogP contribution in [0.25, 0.3) is 0 Å². The van der Waals surface area contributed by atoms with Crippen LogP contribution in [-0.2, 0) is 13.5 Å². The van der Waals surface area contributed by atoms with E-state index in [4.69, 9.17) is 17.3 Å². The maximum absolute atomic E-state index is 12.9. The Balaban J connectivity index is 2.24. The first-order chi connectivity index (χ1) is 8.49. The van der Waals surface area contributed by atoms with Gasteiger partial charge in [0.1, 0.15) is 5.82 Å². The maximum atomic E-state index is 12.9. The number of aryl methyl sites for hydroxylation is 1. The van der Waals surface area contributed by atoms with Crippen LogP contribution < -0.4 is 5.73 Å². The van der Waals surface area contributed by atoms with E-state index < -0.39 is 0 Å². The topological polar surface area (TPSA) is 43.8 Å². The first-order valence-electron chi connectivity index (χ1n) is 5.36. The van der Waals surface area contributed by atoms with Crippen LogP contribution in [0, 0.1) is 5.82 Å². The quantitative estimate of drug-likeness (QED) is 0.938. The molecule has 1 aromatic heterocycles. The van der Waals surface area contributed by atoms with E-state index in [2.05, 4.69) is 21.0 Å². The third-order valence-electron chi connectivity index (χ3n) is 2.74. The van der Waals surface area contributed by atoms with E-state index >= 15 is 0 Å². The number of rotatable bonds is 3. The van der Waals surface area contributed by atoms with Crippen molar-refractivity contribution in [2.24, 2.45) is 12.8 Å². The van der Waals surface area contributed by atoms with Crippen molar-refractivity contribution in [3.05, 3.63) is 51.0 Å². The first kappa shape index (κ1) is 13.5. The van der Waals surface area contributed by atoms with Gasteiger partial charge in [0.2, 0.25) is 0 Å². The van der Waals surface area contributed by atoms with E-state index in [0.29, 0.717) is 11.4 Å². The highest BCUT2D eigenvalue weighted by atomic mass is 79.9. The monoisotopic (exact) mass is 331 g/mol. The van der Waals surface area contributed by atoms with Crippen molar-refractivity contribution >= 4 is 27.5 Å². The summed E-state index contributed by atoms with van der Waals surface area (Å²) < 4.78 is 15.5. The summed E-state index contributed by atoms with van der Waals surface area (Å²) in [6, 6.07) is 4.07. The van der Waals surface area contributed by atoms with E-state index in [1.165, 1.54) is 12.1 Å². The number of hydrogen-bond acceptors (Lipinski definition) is 2. The minimum atomic E-state index is -0.348.